The Labute approximate surface area is 121 Å². The maximum Gasteiger partial charge on any atom is 0.291 e. The van der Waals surface area contributed by atoms with E-state index in [0.29, 0.717) is 24.5 Å². The van der Waals surface area contributed by atoms with Crippen molar-refractivity contribution in [3.05, 3.63) is 23.2 Å². The van der Waals surface area contributed by atoms with E-state index in [2.05, 4.69) is 15.3 Å². The average Bonchev–Trinajstić information content (AvgIpc) is 2.81. The predicted molar refractivity (Wildman–Crippen MR) is 72.2 cm³/mol. The summed E-state index contributed by atoms with van der Waals surface area (Å²) in [5, 5.41) is 3.29. The molecule has 2 aliphatic rings. The Hall–Kier alpha value is -1.69. The van der Waals surface area contributed by atoms with Crippen molar-refractivity contribution < 1.29 is 9.59 Å². The van der Waals surface area contributed by atoms with Crippen molar-refractivity contribution in [3.63, 3.8) is 0 Å². The molecule has 3 rings (SSSR count). The first-order valence-corrected chi connectivity index (χ1v) is 6.99. The summed E-state index contributed by atoms with van der Waals surface area (Å²) in [6, 6.07) is 0. The minimum absolute atomic E-state index is 0.0364. The topological polar surface area (TPSA) is 75.2 Å². The number of nitrogens with zero attached hydrogens (tertiary/aromatic N) is 3. The van der Waals surface area contributed by atoms with Crippen LogP contribution in [0.3, 0.4) is 0 Å². The van der Waals surface area contributed by atoms with Gasteiger partial charge in [-0.05, 0) is 18.3 Å². The van der Waals surface area contributed by atoms with Gasteiger partial charge in [0.25, 0.3) is 5.91 Å². The maximum atomic E-state index is 12.3. The van der Waals surface area contributed by atoms with Crippen LogP contribution < -0.4 is 5.32 Å². The van der Waals surface area contributed by atoms with E-state index in [1.54, 1.807) is 4.90 Å². The van der Waals surface area contributed by atoms with Gasteiger partial charge in [-0.25, -0.2) is 9.97 Å². The van der Waals surface area contributed by atoms with Crippen molar-refractivity contribution in [2.24, 2.45) is 5.41 Å². The molecular formula is C13H15ClN4O2. The van der Waals surface area contributed by atoms with Crippen LogP contribution in [0.5, 0.6) is 0 Å². The highest BCUT2D eigenvalue weighted by Gasteiger charge is 2.41. The number of nitrogens with one attached hydrogen (secondary N) is 1. The number of carbonyl (C=O) groups excluding carboxylic acids is 2. The maximum absolute atomic E-state index is 12.3. The number of hydrogen-bond acceptors (Lipinski definition) is 4. The lowest BCUT2D eigenvalue weighted by atomic mass is 9.77. The van der Waals surface area contributed by atoms with Crippen molar-refractivity contribution in [1.82, 2.24) is 20.2 Å². The number of piperidine rings is 1. The quantitative estimate of drug-likeness (QED) is 0.834. The SMILES string of the molecule is O=C1CC2(CCN(C(=O)c3ncc(Cl)cn3)CC2)CN1. The smallest absolute Gasteiger partial charge is 0.291 e. The van der Waals surface area contributed by atoms with Crippen LogP contribution in [0, 0.1) is 5.41 Å². The van der Waals surface area contributed by atoms with Crippen LogP contribution >= 0.6 is 11.6 Å². The molecule has 1 spiro atoms. The summed E-state index contributed by atoms with van der Waals surface area (Å²) >= 11 is 5.71. The first kappa shape index (κ1) is 13.3. The molecule has 0 unspecified atom stereocenters. The van der Waals surface area contributed by atoms with Crippen molar-refractivity contribution in [2.75, 3.05) is 19.6 Å². The van der Waals surface area contributed by atoms with Gasteiger partial charge in [0, 0.05) is 38.4 Å². The molecule has 6 nitrogen and oxygen atoms in total. The Morgan fingerprint density at radius 1 is 1.30 bits per heavy atom. The Morgan fingerprint density at radius 2 is 1.95 bits per heavy atom. The molecule has 0 aromatic carbocycles. The zero-order valence-corrected chi connectivity index (χ0v) is 11.7. The van der Waals surface area contributed by atoms with Crippen LogP contribution in [0.25, 0.3) is 0 Å². The van der Waals surface area contributed by atoms with Crippen LogP contribution in [0.15, 0.2) is 12.4 Å². The van der Waals surface area contributed by atoms with Gasteiger partial charge in [-0.1, -0.05) is 11.6 Å². The molecule has 1 aromatic heterocycles. The molecule has 0 atom stereocenters. The molecule has 0 bridgehead atoms. The number of rotatable bonds is 1. The lowest BCUT2D eigenvalue weighted by Crippen LogP contribution is -2.44. The summed E-state index contributed by atoms with van der Waals surface area (Å²) < 4.78 is 0. The number of halogens is 1. The summed E-state index contributed by atoms with van der Waals surface area (Å²) in [4.78, 5) is 33.3. The van der Waals surface area contributed by atoms with Gasteiger partial charge >= 0.3 is 0 Å². The number of aromatic nitrogens is 2. The van der Waals surface area contributed by atoms with Gasteiger partial charge < -0.3 is 10.2 Å². The van der Waals surface area contributed by atoms with E-state index in [-0.39, 0.29) is 23.1 Å². The van der Waals surface area contributed by atoms with Gasteiger partial charge in [-0.15, -0.1) is 0 Å². The molecule has 1 N–H and O–H groups in total. The van der Waals surface area contributed by atoms with Crippen LogP contribution in [0.1, 0.15) is 29.9 Å². The van der Waals surface area contributed by atoms with Gasteiger partial charge in [-0.3, -0.25) is 9.59 Å². The van der Waals surface area contributed by atoms with Crippen molar-refractivity contribution in [1.29, 1.82) is 0 Å². The second kappa shape index (κ2) is 5.01. The molecule has 1 aromatic rings. The predicted octanol–water partition coefficient (Wildman–Crippen LogP) is 0.872. The van der Waals surface area contributed by atoms with Gasteiger partial charge in [-0.2, -0.15) is 0 Å². The standard InChI is InChI=1S/C13H15ClN4O2/c14-9-6-15-11(16-7-9)12(20)18-3-1-13(2-4-18)5-10(19)17-8-13/h6-7H,1-5,8H2,(H,17,19). The average molecular weight is 295 g/mol. The third-order valence-electron chi connectivity index (χ3n) is 4.12. The van der Waals surface area contributed by atoms with E-state index in [0.717, 1.165) is 19.4 Å². The van der Waals surface area contributed by atoms with E-state index in [4.69, 9.17) is 11.6 Å². The van der Waals surface area contributed by atoms with E-state index >= 15 is 0 Å². The number of amides is 2. The minimum atomic E-state index is -0.172. The highest BCUT2D eigenvalue weighted by molar-refractivity contribution is 6.30. The third-order valence-corrected chi connectivity index (χ3v) is 4.31. The largest absolute Gasteiger partial charge is 0.356 e. The normalized spacial score (nSPS) is 21.1. The highest BCUT2D eigenvalue weighted by Crippen LogP contribution is 2.37. The number of carbonyl (C=O) groups is 2. The molecule has 20 heavy (non-hydrogen) atoms. The summed E-state index contributed by atoms with van der Waals surface area (Å²) in [6.45, 7) is 2.00. The van der Waals surface area contributed by atoms with E-state index in [9.17, 15) is 9.59 Å². The molecule has 106 valence electrons. The molecule has 3 heterocycles. The first-order valence-electron chi connectivity index (χ1n) is 6.62. The molecule has 2 saturated heterocycles. The van der Waals surface area contributed by atoms with Crippen LogP contribution in [0.2, 0.25) is 5.02 Å². The Kier molecular flexibility index (Phi) is 3.33. The molecule has 0 aliphatic carbocycles. The van der Waals surface area contributed by atoms with Crippen LogP contribution in [-0.2, 0) is 4.79 Å². The lowest BCUT2D eigenvalue weighted by molar-refractivity contribution is -0.119. The van der Waals surface area contributed by atoms with Gasteiger partial charge in [0.15, 0.2) is 0 Å². The Bertz CT molecular complexity index is 538. The second-order valence-electron chi connectivity index (χ2n) is 5.47. The molecular weight excluding hydrogens is 280 g/mol. The van der Waals surface area contributed by atoms with Crippen molar-refractivity contribution in [3.8, 4) is 0 Å². The molecule has 0 radical (unpaired) electrons. The lowest BCUT2D eigenvalue weighted by Gasteiger charge is -2.37. The van der Waals surface area contributed by atoms with E-state index in [1.165, 1.54) is 12.4 Å². The molecule has 0 saturated carbocycles. The zero-order valence-electron chi connectivity index (χ0n) is 10.9. The van der Waals surface area contributed by atoms with Crippen LogP contribution in [-0.4, -0.2) is 46.3 Å². The van der Waals surface area contributed by atoms with Gasteiger partial charge in [0.1, 0.15) is 0 Å². The first-order chi connectivity index (χ1) is 9.58. The third kappa shape index (κ3) is 2.47. The van der Waals surface area contributed by atoms with Crippen molar-refractivity contribution in [2.45, 2.75) is 19.3 Å². The Balaban J connectivity index is 1.64. The molecule has 2 fully saturated rings. The summed E-state index contributed by atoms with van der Waals surface area (Å²) in [6.07, 6.45) is 5.10. The highest BCUT2D eigenvalue weighted by atomic mass is 35.5. The van der Waals surface area contributed by atoms with E-state index in [1.807, 2.05) is 0 Å². The molecule has 7 heteroatoms. The van der Waals surface area contributed by atoms with Crippen LogP contribution in [0.4, 0.5) is 0 Å². The van der Waals surface area contributed by atoms with Gasteiger partial charge in [0.2, 0.25) is 11.7 Å². The molecule has 2 amide bonds. The fourth-order valence-corrected chi connectivity index (χ4v) is 2.95. The zero-order chi connectivity index (χ0) is 14.2. The van der Waals surface area contributed by atoms with Crippen molar-refractivity contribution >= 4 is 23.4 Å². The van der Waals surface area contributed by atoms with Gasteiger partial charge in [0.05, 0.1) is 5.02 Å². The fraction of sp³-hybridized carbons (Fsp3) is 0.538. The molecule has 2 aliphatic heterocycles. The Morgan fingerprint density at radius 3 is 2.50 bits per heavy atom. The second-order valence-corrected chi connectivity index (χ2v) is 5.91. The monoisotopic (exact) mass is 294 g/mol. The fourth-order valence-electron chi connectivity index (χ4n) is 2.85. The summed E-state index contributed by atoms with van der Waals surface area (Å²) in [7, 11) is 0. The number of likely N-dealkylation sites (tertiary alicyclic amines) is 1. The minimum Gasteiger partial charge on any atom is -0.356 e. The van der Waals surface area contributed by atoms with E-state index < -0.39 is 0 Å². The summed E-state index contributed by atoms with van der Waals surface area (Å²) in [5.41, 5.74) is 0.0364. The number of hydrogen-bond donors (Lipinski definition) is 1. The summed E-state index contributed by atoms with van der Waals surface area (Å²) in [5.74, 6) is 0.116.